The number of amides is 2. The third kappa shape index (κ3) is 6.22. The average molecular weight is 537 g/mol. The Kier molecular flexibility index (Phi) is 8.24. The second-order valence-electron chi connectivity index (χ2n) is 10.7. The van der Waals surface area contributed by atoms with Crippen LogP contribution in [-0.4, -0.2) is 51.8 Å². The fourth-order valence-electron chi connectivity index (χ4n) is 5.26. The molecule has 8 nitrogen and oxygen atoms in total. The van der Waals surface area contributed by atoms with Gasteiger partial charge in [-0.15, -0.1) is 5.10 Å². The molecule has 40 heavy (non-hydrogen) atoms. The number of aryl methyl sites for hydroxylation is 1. The number of aromatic nitrogens is 3. The lowest BCUT2D eigenvalue weighted by Gasteiger charge is -2.37. The fourth-order valence-corrected chi connectivity index (χ4v) is 5.26. The monoisotopic (exact) mass is 536 g/mol. The van der Waals surface area contributed by atoms with Crippen molar-refractivity contribution in [2.75, 3.05) is 24.3 Å². The topological polar surface area (TPSA) is 83.4 Å². The van der Waals surface area contributed by atoms with Crippen molar-refractivity contribution in [3.63, 3.8) is 0 Å². The molecule has 206 valence electrons. The first-order valence-corrected chi connectivity index (χ1v) is 13.8. The van der Waals surface area contributed by atoms with Crippen LogP contribution < -0.4 is 10.2 Å². The van der Waals surface area contributed by atoms with Gasteiger partial charge in [0, 0.05) is 32.0 Å². The number of carbonyl (C=O) groups excluding carboxylic acids is 2. The zero-order chi connectivity index (χ0) is 28.1. The Morgan fingerprint density at radius 2 is 1.75 bits per heavy atom. The molecular formula is C32H36N6O2. The first-order valence-electron chi connectivity index (χ1n) is 13.8. The van der Waals surface area contributed by atoms with Crippen molar-refractivity contribution < 1.29 is 9.59 Å². The maximum atomic E-state index is 14.1. The summed E-state index contributed by atoms with van der Waals surface area (Å²) in [4.78, 5) is 31.9. The number of rotatable bonds is 9. The van der Waals surface area contributed by atoms with E-state index in [4.69, 9.17) is 0 Å². The average Bonchev–Trinajstić information content (AvgIpc) is 3.37. The molecule has 1 aliphatic carbocycles. The van der Waals surface area contributed by atoms with E-state index in [0.717, 1.165) is 47.1 Å². The minimum atomic E-state index is -0.651. The number of hydrogen-bond acceptors (Lipinski definition) is 5. The van der Waals surface area contributed by atoms with Crippen LogP contribution in [0.5, 0.6) is 0 Å². The molecule has 1 N–H and O–H groups in total. The number of allylic oxidation sites excluding steroid dienone is 2. The summed E-state index contributed by atoms with van der Waals surface area (Å²) in [6, 6.07) is 22.8. The van der Waals surface area contributed by atoms with E-state index in [-0.39, 0.29) is 24.3 Å². The molecule has 5 rings (SSSR count). The number of hydrogen-bond donors (Lipinski definition) is 1. The normalized spacial score (nSPS) is 15.5. The van der Waals surface area contributed by atoms with E-state index < -0.39 is 6.04 Å². The molecule has 2 atom stereocenters. The van der Waals surface area contributed by atoms with Crippen LogP contribution in [0.1, 0.15) is 30.4 Å². The summed E-state index contributed by atoms with van der Waals surface area (Å²) in [5.74, 6) is -0.358. The number of carbonyl (C=O) groups is 2. The number of anilines is 2. The van der Waals surface area contributed by atoms with Gasteiger partial charge in [-0.05, 0) is 74.1 Å². The van der Waals surface area contributed by atoms with Crippen molar-refractivity contribution in [1.82, 2.24) is 19.9 Å². The number of nitrogens with zero attached hydrogens (tertiary/aromatic N) is 5. The van der Waals surface area contributed by atoms with Crippen LogP contribution in [0.25, 0.3) is 11.0 Å². The molecule has 0 spiro atoms. The molecule has 2 unspecified atom stereocenters. The van der Waals surface area contributed by atoms with Crippen LogP contribution in [0, 0.1) is 12.8 Å². The molecule has 3 aromatic carbocycles. The number of fused-ring (bicyclic) bond motifs is 1. The molecule has 0 saturated heterocycles. The van der Waals surface area contributed by atoms with Gasteiger partial charge in [-0.3, -0.25) is 9.59 Å². The van der Waals surface area contributed by atoms with Gasteiger partial charge in [-0.25, -0.2) is 4.68 Å². The van der Waals surface area contributed by atoms with Crippen molar-refractivity contribution >= 4 is 34.2 Å². The second kappa shape index (κ2) is 12.2. The van der Waals surface area contributed by atoms with Crippen molar-refractivity contribution in [2.45, 2.75) is 45.3 Å². The van der Waals surface area contributed by atoms with Crippen LogP contribution in [0.2, 0.25) is 0 Å². The van der Waals surface area contributed by atoms with E-state index in [2.05, 4.69) is 27.8 Å². The summed E-state index contributed by atoms with van der Waals surface area (Å²) >= 11 is 0. The van der Waals surface area contributed by atoms with E-state index in [1.54, 1.807) is 9.58 Å². The van der Waals surface area contributed by atoms with Gasteiger partial charge in [-0.2, -0.15) is 0 Å². The summed E-state index contributed by atoms with van der Waals surface area (Å²) < 4.78 is 1.62. The lowest BCUT2D eigenvalue weighted by atomic mass is 9.85. The Bertz CT molecular complexity index is 1490. The van der Waals surface area contributed by atoms with E-state index >= 15 is 0 Å². The molecule has 1 aromatic heterocycles. The summed E-state index contributed by atoms with van der Waals surface area (Å²) in [6.45, 7) is 2.36. The third-order valence-electron chi connectivity index (χ3n) is 7.51. The van der Waals surface area contributed by atoms with Gasteiger partial charge < -0.3 is 15.1 Å². The van der Waals surface area contributed by atoms with Gasteiger partial charge in [0.25, 0.3) is 0 Å². The highest BCUT2D eigenvalue weighted by molar-refractivity contribution is 5.97. The molecule has 0 radical (unpaired) electrons. The highest BCUT2D eigenvalue weighted by Crippen LogP contribution is 2.29. The first kappa shape index (κ1) is 27.1. The number of nitrogens with one attached hydrogen (secondary N) is 1. The highest BCUT2D eigenvalue weighted by Gasteiger charge is 2.37. The molecular weight excluding hydrogens is 500 g/mol. The third-order valence-corrected chi connectivity index (χ3v) is 7.51. The number of benzene rings is 3. The zero-order valence-electron chi connectivity index (χ0n) is 23.3. The lowest BCUT2D eigenvalue weighted by Crippen LogP contribution is -2.52. The molecule has 0 aliphatic heterocycles. The van der Waals surface area contributed by atoms with Crippen LogP contribution in [-0.2, 0) is 22.7 Å². The fraction of sp³-hybridized carbons (Fsp3) is 0.312. The van der Waals surface area contributed by atoms with Crippen LogP contribution in [0.4, 0.5) is 11.4 Å². The standard InChI is InChI=1S/C32H36N6O2/c1-23-13-15-24(16-14-23)21-37(30(39)22-38-29-12-8-7-11-28(29)34-35-38)31(25-9-5-4-6-10-25)32(40)33-26-17-19-27(20-18-26)36(2)3/h4-5,7-8,11-20,25,31H,6,9-10,21-22H2,1-3H3,(H,33,40). The summed E-state index contributed by atoms with van der Waals surface area (Å²) in [5, 5.41) is 11.6. The summed E-state index contributed by atoms with van der Waals surface area (Å²) in [7, 11) is 3.96. The van der Waals surface area contributed by atoms with E-state index in [1.807, 2.05) is 98.7 Å². The molecule has 1 heterocycles. The van der Waals surface area contributed by atoms with Crippen molar-refractivity contribution in [3.8, 4) is 0 Å². The molecule has 2 amide bonds. The molecule has 0 fully saturated rings. The maximum absolute atomic E-state index is 14.1. The predicted octanol–water partition coefficient (Wildman–Crippen LogP) is 5.20. The van der Waals surface area contributed by atoms with Crippen molar-refractivity contribution in [2.24, 2.45) is 5.92 Å². The minimum absolute atomic E-state index is 0.00372. The predicted molar refractivity (Wildman–Crippen MR) is 159 cm³/mol. The summed E-state index contributed by atoms with van der Waals surface area (Å²) in [5.41, 5.74) is 5.38. The Morgan fingerprint density at radius 1 is 1.00 bits per heavy atom. The lowest BCUT2D eigenvalue weighted by molar-refractivity contribution is -0.142. The molecule has 1 aliphatic rings. The van der Waals surface area contributed by atoms with Gasteiger partial charge in [0.2, 0.25) is 11.8 Å². The quantitative estimate of drug-likeness (QED) is 0.298. The molecule has 0 bridgehead atoms. The summed E-state index contributed by atoms with van der Waals surface area (Å²) in [6.07, 6.45) is 6.73. The van der Waals surface area contributed by atoms with E-state index in [1.165, 1.54) is 0 Å². The van der Waals surface area contributed by atoms with Gasteiger partial charge in [0.15, 0.2) is 0 Å². The van der Waals surface area contributed by atoms with Crippen LogP contribution in [0.15, 0.2) is 84.9 Å². The van der Waals surface area contributed by atoms with Crippen LogP contribution >= 0.6 is 0 Å². The molecule has 0 saturated carbocycles. The van der Waals surface area contributed by atoms with Gasteiger partial charge in [0.1, 0.15) is 18.1 Å². The second-order valence-corrected chi connectivity index (χ2v) is 10.7. The number of para-hydroxylation sites is 1. The van der Waals surface area contributed by atoms with Gasteiger partial charge in [-0.1, -0.05) is 59.3 Å². The van der Waals surface area contributed by atoms with Gasteiger partial charge in [0.05, 0.1) is 5.52 Å². The van der Waals surface area contributed by atoms with E-state index in [9.17, 15) is 9.59 Å². The van der Waals surface area contributed by atoms with Crippen molar-refractivity contribution in [3.05, 3.63) is 96.1 Å². The molecule has 8 heteroatoms. The SMILES string of the molecule is Cc1ccc(CN(C(=O)Cn2nnc3ccccc32)C(C(=O)Nc2ccc(N(C)C)cc2)C2CC=CCC2)cc1. The Hall–Kier alpha value is -4.46. The molecule has 4 aromatic rings. The smallest absolute Gasteiger partial charge is 0.247 e. The Labute approximate surface area is 235 Å². The largest absolute Gasteiger partial charge is 0.378 e. The van der Waals surface area contributed by atoms with E-state index in [0.29, 0.717) is 12.2 Å². The first-order chi connectivity index (χ1) is 19.4. The Morgan fingerprint density at radius 3 is 2.45 bits per heavy atom. The van der Waals surface area contributed by atoms with Gasteiger partial charge >= 0.3 is 0 Å². The zero-order valence-corrected chi connectivity index (χ0v) is 23.3. The van der Waals surface area contributed by atoms with Crippen LogP contribution in [0.3, 0.4) is 0 Å². The minimum Gasteiger partial charge on any atom is -0.378 e. The highest BCUT2D eigenvalue weighted by atomic mass is 16.2. The maximum Gasteiger partial charge on any atom is 0.247 e. The van der Waals surface area contributed by atoms with Crippen molar-refractivity contribution in [1.29, 1.82) is 0 Å². The Balaban J connectivity index is 1.48.